The maximum atomic E-state index is 12.6. The van der Waals surface area contributed by atoms with Crippen molar-refractivity contribution >= 4 is 28.5 Å². The Bertz CT molecular complexity index is 1330. The molecule has 30 heavy (non-hydrogen) atoms. The quantitative estimate of drug-likeness (QED) is 0.388. The van der Waals surface area contributed by atoms with Gasteiger partial charge in [-0.1, -0.05) is 54.1 Å². The number of fused-ring (bicyclic) bond motifs is 1. The molecule has 1 aliphatic carbocycles. The third-order valence-corrected chi connectivity index (χ3v) is 6.12. The fraction of sp³-hybridized carbons (Fsp3) is 0.200. The maximum Gasteiger partial charge on any atom is 0.419 e. The Morgan fingerprint density at radius 2 is 1.80 bits per heavy atom. The van der Waals surface area contributed by atoms with Gasteiger partial charge in [-0.15, -0.1) is 0 Å². The number of rotatable bonds is 5. The lowest BCUT2D eigenvalue weighted by Crippen LogP contribution is -2.08. The summed E-state index contributed by atoms with van der Waals surface area (Å²) < 4.78 is 7.13. The van der Waals surface area contributed by atoms with E-state index in [0.717, 1.165) is 40.6 Å². The van der Waals surface area contributed by atoms with Gasteiger partial charge in [-0.2, -0.15) is 0 Å². The molecule has 0 radical (unpaired) electrons. The topological polar surface area (TPSA) is 52.2 Å². The summed E-state index contributed by atoms with van der Waals surface area (Å²) in [4.78, 5) is 24.6. The van der Waals surface area contributed by atoms with Crippen molar-refractivity contribution in [2.45, 2.75) is 25.2 Å². The highest BCUT2D eigenvalue weighted by atomic mass is 35.5. The van der Waals surface area contributed by atoms with Crippen molar-refractivity contribution < 1.29 is 9.21 Å². The molecule has 0 atom stereocenters. The molecule has 150 valence electrons. The molecular formula is C25H20ClNO3. The van der Waals surface area contributed by atoms with E-state index in [-0.39, 0.29) is 11.5 Å². The molecule has 1 heterocycles. The number of oxazole rings is 1. The number of aromatic nitrogens is 1. The van der Waals surface area contributed by atoms with Gasteiger partial charge >= 0.3 is 5.76 Å². The maximum absolute atomic E-state index is 12.6. The minimum atomic E-state index is -0.336. The molecule has 1 fully saturated rings. The van der Waals surface area contributed by atoms with Crippen LogP contribution < -0.4 is 5.76 Å². The molecule has 0 unspecified atom stereocenters. The van der Waals surface area contributed by atoms with E-state index < -0.39 is 0 Å². The Labute approximate surface area is 178 Å². The molecule has 0 N–H and O–H groups in total. The normalized spacial score (nSPS) is 13.7. The largest absolute Gasteiger partial charge is 0.419 e. The number of carbonyl (C=O) groups is 1. The zero-order valence-corrected chi connectivity index (χ0v) is 17.3. The summed E-state index contributed by atoms with van der Waals surface area (Å²) >= 11 is 6.15. The van der Waals surface area contributed by atoms with E-state index in [0.29, 0.717) is 28.5 Å². The van der Waals surface area contributed by atoms with Gasteiger partial charge in [-0.05, 0) is 53.6 Å². The predicted octanol–water partition coefficient (Wildman–Crippen LogP) is 5.75. The van der Waals surface area contributed by atoms with E-state index in [1.54, 1.807) is 23.7 Å². The first kappa shape index (κ1) is 18.9. The molecule has 5 rings (SSSR count). The van der Waals surface area contributed by atoms with E-state index in [1.807, 2.05) is 42.5 Å². The van der Waals surface area contributed by atoms with Crippen LogP contribution in [0, 0.1) is 0 Å². The summed E-state index contributed by atoms with van der Waals surface area (Å²) in [6, 6.07) is 19.1. The first-order valence-electron chi connectivity index (χ1n) is 10.0. The molecule has 1 saturated carbocycles. The number of ketones is 1. The van der Waals surface area contributed by atoms with E-state index in [4.69, 9.17) is 16.0 Å². The summed E-state index contributed by atoms with van der Waals surface area (Å²) in [6.45, 7) is 0. The fourth-order valence-corrected chi connectivity index (χ4v) is 4.25. The number of benzene rings is 3. The molecule has 0 aliphatic heterocycles. The van der Waals surface area contributed by atoms with Gasteiger partial charge in [0.25, 0.3) is 0 Å². The van der Waals surface area contributed by atoms with Crippen LogP contribution in [0.15, 0.2) is 69.9 Å². The smallest absolute Gasteiger partial charge is 0.407 e. The minimum absolute atomic E-state index is 0.000463. The lowest BCUT2D eigenvalue weighted by Gasteiger charge is -2.11. The van der Waals surface area contributed by atoms with E-state index in [2.05, 4.69) is 6.07 Å². The Kier molecular flexibility index (Phi) is 4.59. The molecule has 1 aliphatic rings. The molecule has 3 aromatic carbocycles. The van der Waals surface area contributed by atoms with E-state index in [9.17, 15) is 9.59 Å². The molecule has 0 spiro atoms. The molecule has 4 nitrogen and oxygen atoms in total. The van der Waals surface area contributed by atoms with Crippen LogP contribution in [0.25, 0.3) is 22.2 Å². The number of halogens is 1. The zero-order valence-electron chi connectivity index (χ0n) is 16.5. The van der Waals surface area contributed by atoms with Gasteiger partial charge in [0.05, 0.1) is 10.5 Å². The van der Waals surface area contributed by atoms with Crippen molar-refractivity contribution in [3.8, 4) is 11.1 Å². The summed E-state index contributed by atoms with van der Waals surface area (Å²) in [5.41, 5.74) is 6.26. The fourth-order valence-electron chi connectivity index (χ4n) is 4.01. The number of aryl methyl sites for hydroxylation is 1. The third kappa shape index (κ3) is 3.27. The SMILES string of the molecule is Cn1c(=O)oc2c(C3CC3)c(-c3ccc(CC(=O)c4ccccc4Cl)cc3)ccc21. The monoisotopic (exact) mass is 417 g/mol. The van der Waals surface area contributed by atoms with Crippen LogP contribution >= 0.6 is 11.6 Å². The first-order chi connectivity index (χ1) is 14.5. The lowest BCUT2D eigenvalue weighted by molar-refractivity contribution is 0.0993. The van der Waals surface area contributed by atoms with Gasteiger partial charge in [-0.25, -0.2) is 4.79 Å². The Morgan fingerprint density at radius 3 is 2.50 bits per heavy atom. The second-order valence-electron chi connectivity index (χ2n) is 7.85. The molecule has 0 saturated heterocycles. The molecule has 1 aromatic heterocycles. The standard InChI is InChI=1S/C25H20ClNO3/c1-27-21-13-12-18(23(17-10-11-17)24(21)30-25(27)29)16-8-6-15(7-9-16)14-22(28)19-4-2-3-5-20(19)26/h2-9,12-13,17H,10-11,14H2,1H3. The van der Waals surface area contributed by atoms with E-state index >= 15 is 0 Å². The van der Waals surface area contributed by atoms with Crippen molar-refractivity contribution in [1.29, 1.82) is 0 Å². The van der Waals surface area contributed by atoms with Crippen molar-refractivity contribution in [1.82, 2.24) is 4.57 Å². The number of hydrogen-bond donors (Lipinski definition) is 0. The number of hydrogen-bond acceptors (Lipinski definition) is 3. The third-order valence-electron chi connectivity index (χ3n) is 5.79. The Balaban J connectivity index is 1.48. The summed E-state index contributed by atoms with van der Waals surface area (Å²) in [6.07, 6.45) is 2.51. The molecule has 4 aromatic rings. The molecular weight excluding hydrogens is 398 g/mol. The minimum Gasteiger partial charge on any atom is -0.407 e. The van der Waals surface area contributed by atoms with Gasteiger partial charge < -0.3 is 4.42 Å². The van der Waals surface area contributed by atoms with Gasteiger partial charge in [-0.3, -0.25) is 9.36 Å². The van der Waals surface area contributed by atoms with Crippen LogP contribution in [-0.4, -0.2) is 10.4 Å². The number of nitrogens with zero attached hydrogens (tertiary/aromatic N) is 1. The first-order valence-corrected chi connectivity index (χ1v) is 10.4. The molecule has 5 heteroatoms. The predicted molar refractivity (Wildman–Crippen MR) is 118 cm³/mol. The van der Waals surface area contributed by atoms with Gasteiger partial charge in [0.1, 0.15) is 0 Å². The number of Topliss-reactive ketones (excluding diaryl/α,β-unsaturated/α-hetero) is 1. The second-order valence-corrected chi connectivity index (χ2v) is 8.26. The molecule has 0 bridgehead atoms. The van der Waals surface area contributed by atoms with Gasteiger partial charge in [0.15, 0.2) is 11.4 Å². The summed E-state index contributed by atoms with van der Waals surface area (Å²) in [7, 11) is 1.73. The van der Waals surface area contributed by atoms with Gasteiger partial charge in [0, 0.05) is 24.6 Å². The van der Waals surface area contributed by atoms with Crippen LogP contribution in [0.3, 0.4) is 0 Å². The van der Waals surface area contributed by atoms with Crippen molar-refractivity contribution in [3.63, 3.8) is 0 Å². The second kappa shape index (κ2) is 7.29. The highest BCUT2D eigenvalue weighted by molar-refractivity contribution is 6.34. The number of carbonyl (C=O) groups excluding carboxylic acids is 1. The van der Waals surface area contributed by atoms with Crippen LogP contribution in [0.2, 0.25) is 5.02 Å². The van der Waals surface area contributed by atoms with Crippen molar-refractivity contribution in [2.75, 3.05) is 0 Å². The van der Waals surface area contributed by atoms with Crippen LogP contribution in [0.5, 0.6) is 0 Å². The van der Waals surface area contributed by atoms with E-state index in [1.165, 1.54) is 0 Å². The van der Waals surface area contributed by atoms with Gasteiger partial charge in [0.2, 0.25) is 0 Å². The summed E-state index contributed by atoms with van der Waals surface area (Å²) in [5.74, 6) is 0.0905. The molecule has 0 amide bonds. The highest BCUT2D eigenvalue weighted by Crippen LogP contribution is 2.47. The van der Waals surface area contributed by atoms with Crippen molar-refractivity contribution in [3.05, 3.63) is 92.9 Å². The van der Waals surface area contributed by atoms with Crippen molar-refractivity contribution in [2.24, 2.45) is 7.05 Å². The highest BCUT2D eigenvalue weighted by Gasteiger charge is 2.30. The zero-order chi connectivity index (χ0) is 20.8. The Hall–Kier alpha value is -3.11. The lowest BCUT2D eigenvalue weighted by atomic mass is 9.94. The summed E-state index contributed by atoms with van der Waals surface area (Å²) in [5, 5.41) is 0.478. The average Bonchev–Trinajstić information content (AvgIpc) is 3.54. The van der Waals surface area contributed by atoms with Crippen LogP contribution in [0.1, 0.15) is 40.2 Å². The Morgan fingerprint density at radius 1 is 1.07 bits per heavy atom. The van der Waals surface area contributed by atoms with Crippen LogP contribution in [-0.2, 0) is 13.5 Å². The van der Waals surface area contributed by atoms with Crippen LogP contribution in [0.4, 0.5) is 0 Å². The average molecular weight is 418 g/mol.